The molecule has 0 aliphatic carbocycles. The van der Waals surface area contributed by atoms with Gasteiger partial charge in [0.2, 0.25) is 0 Å². The Hall–Kier alpha value is -1.14. The van der Waals surface area contributed by atoms with Gasteiger partial charge >= 0.3 is 0 Å². The van der Waals surface area contributed by atoms with Crippen molar-refractivity contribution in [2.75, 3.05) is 38.0 Å². The summed E-state index contributed by atoms with van der Waals surface area (Å²) in [5.41, 5.74) is 0. The fourth-order valence-corrected chi connectivity index (χ4v) is 3.30. The van der Waals surface area contributed by atoms with E-state index in [1.807, 2.05) is 0 Å². The van der Waals surface area contributed by atoms with Crippen LogP contribution in [0.25, 0.3) is 0 Å². The molecular weight excluding hydrogens is 264 g/mol. The maximum Gasteiger partial charge on any atom is 0.179 e. The van der Waals surface area contributed by atoms with Crippen LogP contribution in [0.15, 0.2) is 23.2 Å². The Morgan fingerprint density at radius 1 is 1.42 bits per heavy atom. The van der Waals surface area contributed by atoms with Crippen LogP contribution in [0.4, 0.5) is 5.82 Å². The van der Waals surface area contributed by atoms with Crippen molar-refractivity contribution >= 4 is 15.7 Å². The summed E-state index contributed by atoms with van der Waals surface area (Å²) in [5.74, 6) is 1.15. The zero-order valence-corrected chi connectivity index (χ0v) is 12.2. The molecule has 19 heavy (non-hydrogen) atoms. The normalized spacial score (nSPS) is 17.7. The molecule has 0 amide bonds. The lowest BCUT2D eigenvalue weighted by atomic mass is 9.98. The van der Waals surface area contributed by atoms with Crippen LogP contribution in [0.5, 0.6) is 0 Å². The Bertz CT molecular complexity index is 522. The molecular formula is C13H20N2O3S. The first-order chi connectivity index (χ1) is 9.02. The predicted octanol–water partition coefficient (Wildman–Crippen LogP) is 1.35. The van der Waals surface area contributed by atoms with E-state index >= 15 is 0 Å². The van der Waals surface area contributed by atoms with Crippen LogP contribution in [-0.4, -0.2) is 46.5 Å². The van der Waals surface area contributed by atoms with E-state index in [9.17, 15) is 8.42 Å². The van der Waals surface area contributed by atoms with Gasteiger partial charge in [-0.25, -0.2) is 13.4 Å². The highest BCUT2D eigenvalue weighted by molar-refractivity contribution is 7.90. The molecule has 1 aliphatic rings. The SMILES string of the molecule is COCC1CCN(c2ncccc2S(C)(=O)=O)CC1. The van der Waals surface area contributed by atoms with E-state index in [4.69, 9.17) is 4.74 Å². The number of sulfone groups is 1. The van der Waals surface area contributed by atoms with E-state index in [1.54, 1.807) is 25.4 Å². The zero-order valence-electron chi connectivity index (χ0n) is 11.4. The van der Waals surface area contributed by atoms with Gasteiger partial charge in [-0.3, -0.25) is 0 Å². The van der Waals surface area contributed by atoms with Crippen molar-refractivity contribution < 1.29 is 13.2 Å². The highest BCUT2D eigenvalue weighted by Crippen LogP contribution is 2.27. The van der Waals surface area contributed by atoms with Crippen LogP contribution < -0.4 is 4.90 Å². The molecule has 1 aromatic heterocycles. The molecule has 6 heteroatoms. The van der Waals surface area contributed by atoms with Crippen molar-refractivity contribution in [1.82, 2.24) is 4.98 Å². The summed E-state index contributed by atoms with van der Waals surface area (Å²) in [5, 5.41) is 0. The number of piperidine rings is 1. The van der Waals surface area contributed by atoms with E-state index in [-0.39, 0.29) is 0 Å². The molecule has 1 saturated heterocycles. The number of nitrogens with zero attached hydrogens (tertiary/aromatic N) is 2. The lowest BCUT2D eigenvalue weighted by Crippen LogP contribution is -2.36. The van der Waals surface area contributed by atoms with Gasteiger partial charge < -0.3 is 9.64 Å². The molecule has 0 saturated carbocycles. The van der Waals surface area contributed by atoms with Crippen molar-refractivity contribution in [2.45, 2.75) is 17.7 Å². The highest BCUT2D eigenvalue weighted by atomic mass is 32.2. The Balaban J connectivity index is 2.16. The Labute approximate surface area is 114 Å². The first-order valence-corrected chi connectivity index (χ1v) is 8.30. The molecule has 0 unspecified atom stereocenters. The van der Waals surface area contributed by atoms with Crippen LogP contribution in [-0.2, 0) is 14.6 Å². The Morgan fingerprint density at radius 2 is 2.11 bits per heavy atom. The summed E-state index contributed by atoms with van der Waals surface area (Å²) in [6.07, 6.45) is 4.89. The molecule has 0 N–H and O–H groups in total. The smallest absolute Gasteiger partial charge is 0.179 e. The van der Waals surface area contributed by atoms with Crippen molar-refractivity contribution in [3.63, 3.8) is 0 Å². The van der Waals surface area contributed by atoms with E-state index in [0.717, 1.165) is 32.5 Å². The molecule has 0 atom stereocenters. The van der Waals surface area contributed by atoms with E-state index in [2.05, 4.69) is 9.88 Å². The zero-order chi connectivity index (χ0) is 13.9. The van der Waals surface area contributed by atoms with Gasteiger partial charge in [-0.05, 0) is 30.9 Å². The van der Waals surface area contributed by atoms with Gasteiger partial charge in [0, 0.05) is 39.3 Å². The van der Waals surface area contributed by atoms with Crippen molar-refractivity contribution in [3.05, 3.63) is 18.3 Å². The van der Waals surface area contributed by atoms with Gasteiger partial charge in [0.05, 0.1) is 0 Å². The second-order valence-corrected chi connectivity index (χ2v) is 6.97. The van der Waals surface area contributed by atoms with Gasteiger partial charge in [-0.1, -0.05) is 0 Å². The number of hydrogen-bond donors (Lipinski definition) is 0. The van der Waals surface area contributed by atoms with Crippen LogP contribution in [0.1, 0.15) is 12.8 Å². The maximum atomic E-state index is 11.8. The average Bonchev–Trinajstić information content (AvgIpc) is 2.39. The van der Waals surface area contributed by atoms with Gasteiger partial charge in [-0.15, -0.1) is 0 Å². The molecule has 2 heterocycles. The monoisotopic (exact) mass is 284 g/mol. The summed E-state index contributed by atoms with van der Waals surface area (Å²) in [7, 11) is -1.52. The number of ether oxygens (including phenoxy) is 1. The van der Waals surface area contributed by atoms with E-state index in [0.29, 0.717) is 16.6 Å². The Kier molecular flexibility index (Phi) is 4.42. The molecule has 5 nitrogen and oxygen atoms in total. The van der Waals surface area contributed by atoms with E-state index in [1.165, 1.54) is 6.26 Å². The Morgan fingerprint density at radius 3 is 2.68 bits per heavy atom. The second-order valence-electron chi connectivity index (χ2n) is 4.98. The molecule has 1 fully saturated rings. The lowest BCUT2D eigenvalue weighted by Gasteiger charge is -2.33. The minimum atomic E-state index is -3.24. The highest BCUT2D eigenvalue weighted by Gasteiger charge is 2.24. The van der Waals surface area contributed by atoms with Crippen LogP contribution in [0.3, 0.4) is 0 Å². The van der Waals surface area contributed by atoms with Gasteiger partial charge in [0.1, 0.15) is 10.7 Å². The van der Waals surface area contributed by atoms with Crippen LogP contribution >= 0.6 is 0 Å². The summed E-state index contributed by atoms with van der Waals surface area (Å²) >= 11 is 0. The quantitative estimate of drug-likeness (QED) is 0.835. The molecule has 0 radical (unpaired) electrons. The fraction of sp³-hybridized carbons (Fsp3) is 0.615. The van der Waals surface area contributed by atoms with E-state index < -0.39 is 9.84 Å². The third kappa shape index (κ3) is 3.45. The number of aromatic nitrogens is 1. The molecule has 0 spiro atoms. The standard InChI is InChI=1S/C13H20N2O3S/c1-18-10-11-5-8-15(9-6-11)13-12(19(2,16)17)4-3-7-14-13/h3-4,7,11H,5-6,8-10H2,1-2H3. The largest absolute Gasteiger partial charge is 0.384 e. The lowest BCUT2D eigenvalue weighted by molar-refractivity contribution is 0.139. The molecule has 106 valence electrons. The minimum absolute atomic E-state index is 0.320. The van der Waals surface area contributed by atoms with Gasteiger partial charge in [0.25, 0.3) is 0 Å². The van der Waals surface area contributed by atoms with Crippen molar-refractivity contribution in [2.24, 2.45) is 5.92 Å². The first-order valence-electron chi connectivity index (χ1n) is 6.41. The molecule has 0 bridgehead atoms. The minimum Gasteiger partial charge on any atom is -0.384 e. The average molecular weight is 284 g/mol. The molecule has 0 aromatic carbocycles. The fourth-order valence-electron chi connectivity index (χ4n) is 2.46. The number of hydrogen-bond acceptors (Lipinski definition) is 5. The third-order valence-electron chi connectivity index (χ3n) is 3.47. The second kappa shape index (κ2) is 5.88. The first kappa shape index (κ1) is 14.3. The topological polar surface area (TPSA) is 59.5 Å². The van der Waals surface area contributed by atoms with Crippen LogP contribution in [0, 0.1) is 5.92 Å². The van der Waals surface area contributed by atoms with Crippen molar-refractivity contribution in [1.29, 1.82) is 0 Å². The van der Waals surface area contributed by atoms with Crippen molar-refractivity contribution in [3.8, 4) is 0 Å². The van der Waals surface area contributed by atoms with Crippen LogP contribution in [0.2, 0.25) is 0 Å². The summed E-state index contributed by atoms with van der Waals surface area (Å²) in [6, 6.07) is 3.29. The maximum absolute atomic E-state index is 11.8. The number of anilines is 1. The number of methoxy groups -OCH3 is 1. The third-order valence-corrected chi connectivity index (χ3v) is 4.58. The summed E-state index contributed by atoms with van der Waals surface area (Å²) < 4.78 is 28.7. The molecule has 1 aliphatic heterocycles. The molecule has 1 aromatic rings. The van der Waals surface area contributed by atoms with Gasteiger partial charge in [0.15, 0.2) is 9.84 Å². The molecule has 2 rings (SSSR count). The summed E-state index contributed by atoms with van der Waals surface area (Å²) in [4.78, 5) is 6.63. The van der Waals surface area contributed by atoms with Gasteiger partial charge in [-0.2, -0.15) is 0 Å². The summed E-state index contributed by atoms with van der Waals surface area (Å²) in [6.45, 7) is 2.43. The predicted molar refractivity (Wildman–Crippen MR) is 74.2 cm³/mol. The number of rotatable bonds is 4. The number of pyridine rings is 1.